The van der Waals surface area contributed by atoms with E-state index in [9.17, 15) is 0 Å². The van der Waals surface area contributed by atoms with Gasteiger partial charge in [0.05, 0.1) is 18.2 Å². The number of nitrogens with two attached hydrogens (primary N) is 1. The van der Waals surface area contributed by atoms with Crippen LogP contribution < -0.4 is 5.73 Å². The minimum absolute atomic E-state index is 0.533. The van der Waals surface area contributed by atoms with Crippen LogP contribution in [0.25, 0.3) is 11.3 Å². The highest BCUT2D eigenvalue weighted by Crippen LogP contribution is 2.38. The first kappa shape index (κ1) is 13.5. The first-order chi connectivity index (χ1) is 9.79. The molecule has 0 saturated heterocycles. The summed E-state index contributed by atoms with van der Waals surface area (Å²) >= 11 is 1.97. The number of imidazole rings is 1. The normalized spacial score (nSPS) is 22.9. The Balaban J connectivity index is 1.97. The largest absolute Gasteiger partial charge is 0.384 e. The van der Waals surface area contributed by atoms with E-state index in [1.807, 2.05) is 36.4 Å². The number of nitrogens with zero attached hydrogens (tertiary/aromatic N) is 3. The van der Waals surface area contributed by atoms with E-state index in [1.165, 1.54) is 25.7 Å². The summed E-state index contributed by atoms with van der Waals surface area (Å²) in [4.78, 5) is 8.43. The summed E-state index contributed by atoms with van der Waals surface area (Å²) in [5.74, 6) is 0.556. The fourth-order valence-corrected chi connectivity index (χ4v) is 4.05. The summed E-state index contributed by atoms with van der Waals surface area (Å²) in [6.45, 7) is 0. The Hall–Kier alpha value is -1.49. The van der Waals surface area contributed by atoms with Crippen molar-refractivity contribution in [3.63, 3.8) is 0 Å². The molecule has 5 heteroatoms. The molecule has 20 heavy (non-hydrogen) atoms. The molecular formula is C15H20N4S. The molecule has 4 nitrogen and oxygen atoms in total. The minimum atomic E-state index is 0.533. The van der Waals surface area contributed by atoms with Crippen molar-refractivity contribution < 1.29 is 0 Å². The van der Waals surface area contributed by atoms with E-state index in [2.05, 4.69) is 20.8 Å². The molecule has 2 N–H and O–H groups in total. The third-order valence-electron chi connectivity index (χ3n) is 4.07. The van der Waals surface area contributed by atoms with Gasteiger partial charge in [-0.2, -0.15) is 11.8 Å². The summed E-state index contributed by atoms with van der Waals surface area (Å²) in [5, 5.41) is 0.677. The molecule has 106 valence electrons. The molecule has 0 radical (unpaired) electrons. The number of nitrogen functional groups attached to an aromatic ring is 1. The van der Waals surface area contributed by atoms with E-state index in [0.29, 0.717) is 17.1 Å². The summed E-state index contributed by atoms with van der Waals surface area (Å²) in [5.41, 5.74) is 8.04. The van der Waals surface area contributed by atoms with Crippen molar-refractivity contribution in [1.29, 1.82) is 0 Å². The van der Waals surface area contributed by atoms with Crippen molar-refractivity contribution in [1.82, 2.24) is 14.5 Å². The molecule has 0 spiro atoms. The average molecular weight is 288 g/mol. The van der Waals surface area contributed by atoms with Crippen molar-refractivity contribution in [3.8, 4) is 11.3 Å². The van der Waals surface area contributed by atoms with Crippen LogP contribution in [0, 0.1) is 0 Å². The molecule has 0 aromatic carbocycles. The van der Waals surface area contributed by atoms with E-state index in [1.54, 1.807) is 6.20 Å². The second-order valence-electron chi connectivity index (χ2n) is 5.28. The van der Waals surface area contributed by atoms with Crippen molar-refractivity contribution >= 4 is 17.6 Å². The lowest BCUT2D eigenvalue weighted by Gasteiger charge is -2.32. The van der Waals surface area contributed by atoms with Gasteiger partial charge >= 0.3 is 0 Å². The SMILES string of the molecule is CSC1CCCCC1n1cncc1-c1ccnc(N)c1. The molecule has 1 aliphatic rings. The van der Waals surface area contributed by atoms with Gasteiger partial charge in [-0.15, -0.1) is 0 Å². The predicted octanol–water partition coefficient (Wildman–Crippen LogP) is 3.37. The third kappa shape index (κ3) is 2.54. The molecular weight excluding hydrogens is 268 g/mol. The summed E-state index contributed by atoms with van der Waals surface area (Å²) in [6, 6.07) is 4.45. The highest BCUT2D eigenvalue weighted by Gasteiger charge is 2.27. The van der Waals surface area contributed by atoms with Crippen LogP contribution >= 0.6 is 11.8 Å². The standard InChI is InChI=1S/C15H20N4S/c1-20-14-5-3-2-4-12(14)19-10-17-9-13(19)11-6-7-18-15(16)8-11/h6-10,12,14H,2-5H2,1H3,(H2,16,18). The average Bonchev–Trinajstić information content (AvgIpc) is 2.96. The fraction of sp³-hybridized carbons (Fsp3) is 0.467. The molecule has 0 bridgehead atoms. The van der Waals surface area contributed by atoms with Crippen molar-refractivity contribution in [2.45, 2.75) is 37.0 Å². The Morgan fingerprint density at radius 1 is 1.35 bits per heavy atom. The maximum atomic E-state index is 5.80. The number of hydrogen-bond donors (Lipinski definition) is 1. The molecule has 2 atom stereocenters. The quantitative estimate of drug-likeness (QED) is 0.940. The van der Waals surface area contributed by atoms with Gasteiger partial charge in [0, 0.05) is 23.1 Å². The number of aromatic nitrogens is 3. The first-order valence-corrected chi connectivity index (χ1v) is 8.35. The fourth-order valence-electron chi connectivity index (χ4n) is 3.07. The maximum absolute atomic E-state index is 5.80. The molecule has 1 fully saturated rings. The van der Waals surface area contributed by atoms with E-state index >= 15 is 0 Å². The van der Waals surface area contributed by atoms with Crippen LogP contribution in [-0.2, 0) is 0 Å². The van der Waals surface area contributed by atoms with Crippen LogP contribution in [0.2, 0.25) is 0 Å². The van der Waals surface area contributed by atoms with Crippen molar-refractivity contribution in [2.24, 2.45) is 0 Å². The molecule has 2 aromatic rings. The van der Waals surface area contributed by atoms with Gasteiger partial charge in [0.2, 0.25) is 0 Å². The molecule has 1 aliphatic carbocycles. The second kappa shape index (κ2) is 5.87. The zero-order chi connectivity index (χ0) is 13.9. The van der Waals surface area contributed by atoms with Gasteiger partial charge in [0.25, 0.3) is 0 Å². The monoisotopic (exact) mass is 288 g/mol. The predicted molar refractivity (Wildman–Crippen MR) is 84.7 cm³/mol. The lowest BCUT2D eigenvalue weighted by molar-refractivity contribution is 0.367. The molecule has 2 aromatic heterocycles. The summed E-state index contributed by atoms with van der Waals surface area (Å²) in [7, 11) is 0. The van der Waals surface area contributed by atoms with E-state index in [0.717, 1.165) is 11.3 Å². The van der Waals surface area contributed by atoms with Gasteiger partial charge in [-0.05, 0) is 31.2 Å². The van der Waals surface area contributed by atoms with E-state index < -0.39 is 0 Å². The lowest BCUT2D eigenvalue weighted by Crippen LogP contribution is -2.25. The number of hydrogen-bond acceptors (Lipinski definition) is 4. The molecule has 0 aliphatic heterocycles. The number of rotatable bonds is 3. The molecule has 2 heterocycles. The van der Waals surface area contributed by atoms with Crippen LogP contribution in [0.4, 0.5) is 5.82 Å². The number of thioether (sulfide) groups is 1. The Kier molecular flexibility index (Phi) is 3.96. The molecule has 3 rings (SSSR count). The van der Waals surface area contributed by atoms with Gasteiger partial charge in [-0.1, -0.05) is 12.8 Å². The molecule has 1 saturated carbocycles. The molecule has 0 amide bonds. The minimum Gasteiger partial charge on any atom is -0.384 e. The Morgan fingerprint density at radius 3 is 3.00 bits per heavy atom. The highest BCUT2D eigenvalue weighted by atomic mass is 32.2. The summed E-state index contributed by atoms with van der Waals surface area (Å²) in [6.07, 6.45) is 13.0. The van der Waals surface area contributed by atoms with Crippen LogP contribution in [0.15, 0.2) is 30.9 Å². The molecule has 2 unspecified atom stereocenters. The van der Waals surface area contributed by atoms with Crippen LogP contribution in [0.1, 0.15) is 31.7 Å². The van der Waals surface area contributed by atoms with Crippen molar-refractivity contribution in [2.75, 3.05) is 12.0 Å². The lowest BCUT2D eigenvalue weighted by atomic mass is 9.94. The highest BCUT2D eigenvalue weighted by molar-refractivity contribution is 7.99. The zero-order valence-corrected chi connectivity index (χ0v) is 12.5. The first-order valence-electron chi connectivity index (χ1n) is 7.06. The van der Waals surface area contributed by atoms with Gasteiger partial charge in [0.15, 0.2) is 0 Å². The van der Waals surface area contributed by atoms with Crippen LogP contribution in [0.5, 0.6) is 0 Å². The number of anilines is 1. The topological polar surface area (TPSA) is 56.7 Å². The van der Waals surface area contributed by atoms with Crippen LogP contribution in [0.3, 0.4) is 0 Å². The second-order valence-corrected chi connectivity index (χ2v) is 6.36. The van der Waals surface area contributed by atoms with Gasteiger partial charge in [0.1, 0.15) is 5.82 Å². The zero-order valence-electron chi connectivity index (χ0n) is 11.7. The Labute approximate surface area is 123 Å². The number of pyridine rings is 1. The van der Waals surface area contributed by atoms with E-state index in [-0.39, 0.29) is 0 Å². The Morgan fingerprint density at radius 2 is 2.20 bits per heavy atom. The van der Waals surface area contributed by atoms with Gasteiger partial charge in [-0.3, -0.25) is 0 Å². The Bertz CT molecular complexity index is 581. The van der Waals surface area contributed by atoms with Crippen LogP contribution in [-0.4, -0.2) is 26.0 Å². The van der Waals surface area contributed by atoms with Gasteiger partial charge < -0.3 is 10.3 Å². The smallest absolute Gasteiger partial charge is 0.123 e. The maximum Gasteiger partial charge on any atom is 0.123 e. The summed E-state index contributed by atoms with van der Waals surface area (Å²) < 4.78 is 2.33. The van der Waals surface area contributed by atoms with Crippen molar-refractivity contribution in [3.05, 3.63) is 30.9 Å². The van der Waals surface area contributed by atoms with Gasteiger partial charge in [-0.25, -0.2) is 9.97 Å². The third-order valence-corrected chi connectivity index (χ3v) is 5.23. The van der Waals surface area contributed by atoms with E-state index in [4.69, 9.17) is 5.73 Å².